The number of aryl methyl sites for hydroxylation is 1. The van der Waals surface area contributed by atoms with Crippen LogP contribution in [-0.2, 0) is 16.9 Å². The van der Waals surface area contributed by atoms with Gasteiger partial charge in [-0.3, -0.25) is 4.57 Å². The van der Waals surface area contributed by atoms with E-state index in [-0.39, 0.29) is 22.3 Å². The van der Waals surface area contributed by atoms with Gasteiger partial charge >= 0.3 is 5.76 Å². The molecule has 20 heavy (non-hydrogen) atoms. The van der Waals surface area contributed by atoms with Gasteiger partial charge in [-0.15, -0.1) is 0 Å². The second kappa shape index (κ2) is 4.73. The Kier molecular flexibility index (Phi) is 3.29. The summed E-state index contributed by atoms with van der Waals surface area (Å²) in [4.78, 5) is 11.4. The first-order valence-corrected chi connectivity index (χ1v) is 9.05. The zero-order chi connectivity index (χ0) is 14.5. The Balaban J connectivity index is 1.96. The number of oxazole rings is 1. The van der Waals surface area contributed by atoms with Crippen molar-refractivity contribution in [3.8, 4) is 0 Å². The molecule has 2 heterocycles. The number of alkyl halides is 1. The van der Waals surface area contributed by atoms with Crippen LogP contribution in [0.4, 0.5) is 0 Å². The van der Waals surface area contributed by atoms with Crippen molar-refractivity contribution in [2.24, 2.45) is 13.0 Å². The number of aromatic nitrogens is 1. The van der Waals surface area contributed by atoms with Crippen LogP contribution < -0.4 is 5.76 Å². The predicted octanol–water partition coefficient (Wildman–Crippen LogP) is 2.00. The Morgan fingerprint density at radius 3 is 2.85 bits per heavy atom. The van der Waals surface area contributed by atoms with Crippen molar-refractivity contribution in [2.45, 2.75) is 11.2 Å². The summed E-state index contributed by atoms with van der Waals surface area (Å²) in [5.74, 6) is 0.127. The molecule has 1 fully saturated rings. The zero-order valence-corrected chi connectivity index (χ0v) is 13.3. The summed E-state index contributed by atoms with van der Waals surface area (Å²) in [5, 5.41) is 0. The number of sulfone groups is 1. The molecular weight excluding hydrogens is 346 g/mol. The van der Waals surface area contributed by atoms with Crippen molar-refractivity contribution >= 4 is 36.9 Å². The van der Waals surface area contributed by atoms with E-state index >= 15 is 0 Å². The van der Waals surface area contributed by atoms with Gasteiger partial charge in [0.05, 0.1) is 17.0 Å². The van der Waals surface area contributed by atoms with Gasteiger partial charge in [0.2, 0.25) is 0 Å². The fourth-order valence-corrected chi connectivity index (χ4v) is 5.47. The molecule has 5 nitrogen and oxygen atoms in total. The second-order valence-electron chi connectivity index (χ2n) is 5.22. The van der Waals surface area contributed by atoms with Crippen LogP contribution in [0.1, 0.15) is 16.8 Å². The Morgan fingerprint density at radius 2 is 2.20 bits per heavy atom. The summed E-state index contributed by atoms with van der Waals surface area (Å²) in [7, 11) is -1.25. The van der Waals surface area contributed by atoms with Crippen molar-refractivity contribution in [1.82, 2.24) is 4.57 Å². The van der Waals surface area contributed by atoms with Crippen LogP contribution in [-0.4, -0.2) is 24.5 Å². The highest BCUT2D eigenvalue weighted by Gasteiger charge is 2.33. The van der Waals surface area contributed by atoms with Gasteiger partial charge < -0.3 is 4.42 Å². The molecule has 0 saturated carbocycles. The molecule has 1 aromatic carbocycles. The maximum atomic E-state index is 11.6. The Bertz CT molecular complexity index is 820. The topological polar surface area (TPSA) is 69.3 Å². The lowest BCUT2D eigenvalue weighted by Crippen LogP contribution is -2.10. The first kappa shape index (κ1) is 13.9. The van der Waals surface area contributed by atoms with Crippen LogP contribution in [0.25, 0.3) is 11.1 Å². The Hall–Kier alpha value is -1.08. The minimum absolute atomic E-state index is 0.0466. The molecule has 1 aliphatic rings. The predicted molar refractivity (Wildman–Crippen MR) is 79.9 cm³/mol. The number of hydrogen-bond donors (Lipinski definition) is 0. The van der Waals surface area contributed by atoms with E-state index < -0.39 is 15.6 Å². The molecule has 0 spiro atoms. The smallest absolute Gasteiger partial charge is 0.408 e. The number of benzene rings is 1. The molecular formula is C13H14BrNO4S. The van der Waals surface area contributed by atoms with Gasteiger partial charge in [-0.05, 0) is 30.0 Å². The summed E-state index contributed by atoms with van der Waals surface area (Å²) in [6.45, 7) is 0. The summed E-state index contributed by atoms with van der Waals surface area (Å²) in [5.41, 5.74) is 2.20. The van der Waals surface area contributed by atoms with Crippen molar-refractivity contribution in [3.05, 3.63) is 34.3 Å². The van der Waals surface area contributed by atoms with Gasteiger partial charge in [-0.25, -0.2) is 13.2 Å². The highest BCUT2D eigenvalue weighted by Crippen LogP contribution is 2.38. The molecule has 2 aromatic rings. The van der Waals surface area contributed by atoms with E-state index in [1.807, 2.05) is 12.1 Å². The zero-order valence-electron chi connectivity index (χ0n) is 10.9. The third-order valence-electron chi connectivity index (χ3n) is 3.82. The van der Waals surface area contributed by atoms with Crippen LogP contribution >= 0.6 is 15.9 Å². The lowest BCUT2D eigenvalue weighted by atomic mass is 9.98. The van der Waals surface area contributed by atoms with Crippen molar-refractivity contribution in [3.63, 3.8) is 0 Å². The summed E-state index contributed by atoms with van der Waals surface area (Å²) in [6, 6.07) is 5.54. The number of halogens is 1. The number of hydrogen-bond acceptors (Lipinski definition) is 4. The normalized spacial score (nSPS) is 23.2. The molecule has 7 heteroatoms. The maximum Gasteiger partial charge on any atom is 0.419 e. The fourth-order valence-electron chi connectivity index (χ4n) is 2.65. The maximum absolute atomic E-state index is 11.6. The van der Waals surface area contributed by atoms with Crippen LogP contribution in [0.3, 0.4) is 0 Å². The first-order valence-electron chi connectivity index (χ1n) is 6.31. The van der Waals surface area contributed by atoms with Gasteiger partial charge in [0.15, 0.2) is 15.4 Å². The summed E-state index contributed by atoms with van der Waals surface area (Å²) >= 11 is 3.58. The molecule has 3 rings (SSSR count). The van der Waals surface area contributed by atoms with Gasteiger partial charge in [-0.2, -0.15) is 0 Å². The van der Waals surface area contributed by atoms with E-state index in [0.29, 0.717) is 12.0 Å². The van der Waals surface area contributed by atoms with Gasteiger partial charge in [0, 0.05) is 11.9 Å². The quantitative estimate of drug-likeness (QED) is 0.769. The molecule has 1 aliphatic heterocycles. The van der Waals surface area contributed by atoms with E-state index in [1.165, 1.54) is 4.57 Å². The van der Waals surface area contributed by atoms with Gasteiger partial charge in [-0.1, -0.05) is 22.0 Å². The van der Waals surface area contributed by atoms with Gasteiger partial charge in [0.25, 0.3) is 0 Å². The van der Waals surface area contributed by atoms with E-state index in [9.17, 15) is 13.2 Å². The number of fused-ring (bicyclic) bond motifs is 1. The second-order valence-corrected chi connectivity index (χ2v) is 8.43. The molecule has 0 aliphatic carbocycles. The minimum Gasteiger partial charge on any atom is -0.408 e. The summed E-state index contributed by atoms with van der Waals surface area (Å²) < 4.78 is 29.7. The van der Waals surface area contributed by atoms with E-state index in [2.05, 4.69) is 15.9 Å². The fraction of sp³-hybridized carbons (Fsp3) is 0.462. The van der Waals surface area contributed by atoms with Crippen molar-refractivity contribution in [1.29, 1.82) is 0 Å². The number of rotatable bonds is 2. The number of nitrogens with zero attached hydrogens (tertiary/aromatic N) is 1. The molecule has 0 N–H and O–H groups in total. The average Bonchev–Trinajstić information content (AvgIpc) is 2.89. The SMILES string of the molecule is Cn1c(=O)oc2cc(C(Br)C3CCS(=O)(=O)C3)ccc21. The highest BCUT2D eigenvalue weighted by atomic mass is 79.9. The monoisotopic (exact) mass is 359 g/mol. The molecule has 1 aromatic heterocycles. The van der Waals surface area contributed by atoms with E-state index in [0.717, 1.165) is 11.1 Å². The standard InChI is InChI=1S/C13H14BrNO4S/c1-15-10-3-2-8(6-11(10)19-13(15)16)12(14)9-4-5-20(17,18)7-9/h2-3,6,9,12H,4-5,7H2,1H3. The first-order chi connectivity index (χ1) is 9.37. The minimum atomic E-state index is -2.90. The van der Waals surface area contributed by atoms with Crippen molar-refractivity contribution in [2.75, 3.05) is 11.5 Å². The van der Waals surface area contributed by atoms with Crippen LogP contribution in [0.5, 0.6) is 0 Å². The lowest BCUT2D eigenvalue weighted by molar-refractivity contribution is 0.527. The molecule has 0 radical (unpaired) electrons. The molecule has 108 valence electrons. The summed E-state index contributed by atoms with van der Waals surface area (Å²) in [6.07, 6.45) is 0.662. The third-order valence-corrected chi connectivity index (χ3v) is 6.89. The molecule has 0 amide bonds. The molecule has 2 atom stereocenters. The Morgan fingerprint density at radius 1 is 1.45 bits per heavy atom. The van der Waals surface area contributed by atoms with Crippen LogP contribution in [0.15, 0.2) is 27.4 Å². The molecule has 0 bridgehead atoms. The van der Waals surface area contributed by atoms with Crippen LogP contribution in [0, 0.1) is 5.92 Å². The highest BCUT2D eigenvalue weighted by molar-refractivity contribution is 9.09. The average molecular weight is 360 g/mol. The van der Waals surface area contributed by atoms with E-state index in [1.54, 1.807) is 13.1 Å². The molecule has 2 unspecified atom stereocenters. The van der Waals surface area contributed by atoms with Gasteiger partial charge in [0.1, 0.15) is 0 Å². The Labute approximate surface area is 124 Å². The van der Waals surface area contributed by atoms with E-state index in [4.69, 9.17) is 4.42 Å². The van der Waals surface area contributed by atoms with Crippen molar-refractivity contribution < 1.29 is 12.8 Å². The lowest BCUT2D eigenvalue weighted by Gasteiger charge is -2.16. The largest absolute Gasteiger partial charge is 0.419 e. The third kappa shape index (κ3) is 2.33. The molecule has 1 saturated heterocycles. The van der Waals surface area contributed by atoms with Crippen LogP contribution in [0.2, 0.25) is 0 Å².